The molecule has 7 heteroatoms. The minimum atomic E-state index is -0.194. The van der Waals surface area contributed by atoms with E-state index in [1.165, 1.54) is 17.3 Å². The number of benzene rings is 3. The number of nitrogens with zero attached hydrogens (tertiary/aromatic N) is 2. The van der Waals surface area contributed by atoms with Gasteiger partial charge in [-0.3, -0.25) is 14.5 Å². The fraction of sp³-hybridized carbons (Fsp3) is 0.185. The van der Waals surface area contributed by atoms with Gasteiger partial charge >= 0.3 is 0 Å². The van der Waals surface area contributed by atoms with Gasteiger partial charge in [-0.25, -0.2) is 0 Å². The molecule has 2 amide bonds. The highest BCUT2D eigenvalue weighted by Gasteiger charge is 2.30. The number of halogens is 1. The second-order valence-electron chi connectivity index (χ2n) is 8.10. The summed E-state index contributed by atoms with van der Waals surface area (Å²) in [6.45, 7) is 1.99. The summed E-state index contributed by atoms with van der Waals surface area (Å²) >= 11 is 7.51. The quantitative estimate of drug-likeness (QED) is 0.447. The van der Waals surface area contributed by atoms with Crippen molar-refractivity contribution in [3.8, 4) is 0 Å². The zero-order chi connectivity index (χ0) is 23.9. The molecule has 0 spiro atoms. The lowest BCUT2D eigenvalue weighted by Gasteiger charge is -2.30. The smallest absolute Gasteiger partial charge is 0.265 e. The van der Waals surface area contributed by atoms with Gasteiger partial charge in [0.1, 0.15) is 6.54 Å². The lowest BCUT2D eigenvalue weighted by atomic mass is 10.2. The third kappa shape index (κ3) is 6.29. The first-order chi connectivity index (χ1) is 16.5. The van der Waals surface area contributed by atoms with E-state index in [1.807, 2.05) is 73.8 Å². The van der Waals surface area contributed by atoms with Gasteiger partial charge in [-0.2, -0.15) is 0 Å². The van der Waals surface area contributed by atoms with Gasteiger partial charge in [0.25, 0.3) is 5.91 Å². The van der Waals surface area contributed by atoms with Crippen molar-refractivity contribution in [3.63, 3.8) is 0 Å². The van der Waals surface area contributed by atoms with E-state index in [2.05, 4.69) is 22.3 Å². The molecule has 3 aromatic rings. The average Bonchev–Trinajstić information content (AvgIpc) is 2.82. The van der Waals surface area contributed by atoms with Gasteiger partial charge in [0.15, 0.2) is 0 Å². The Bertz CT molecular complexity index is 1200. The van der Waals surface area contributed by atoms with Crippen LogP contribution in [0.25, 0.3) is 6.08 Å². The Morgan fingerprint density at radius 3 is 2.62 bits per heavy atom. The van der Waals surface area contributed by atoms with Crippen LogP contribution in [-0.4, -0.2) is 43.4 Å². The zero-order valence-corrected chi connectivity index (χ0v) is 20.5. The number of amides is 2. The van der Waals surface area contributed by atoms with Gasteiger partial charge in [-0.15, -0.1) is 0 Å². The first-order valence-corrected chi connectivity index (χ1v) is 12.2. The Morgan fingerprint density at radius 1 is 1.06 bits per heavy atom. The highest BCUT2D eigenvalue weighted by atomic mass is 35.5. The molecule has 174 valence electrons. The number of likely N-dealkylation sites (N-methyl/N-ethyl adjacent to an activating group) is 1. The van der Waals surface area contributed by atoms with E-state index < -0.39 is 0 Å². The summed E-state index contributed by atoms with van der Waals surface area (Å²) in [4.78, 5) is 31.2. The Balaban J connectivity index is 1.40. The molecule has 0 aromatic heterocycles. The van der Waals surface area contributed by atoms with Crippen LogP contribution in [0.3, 0.4) is 0 Å². The van der Waals surface area contributed by atoms with Gasteiger partial charge in [0.05, 0.1) is 10.6 Å². The molecule has 1 aliphatic rings. The Kier molecular flexibility index (Phi) is 8.06. The standard InChI is InChI=1S/C27H26ClN3O2S/c1-30(18-20-8-3-2-4-9-20)15-14-29-26(32)19-31-23-12-5-6-13-24(23)34-25(27(31)33)17-21-10-7-11-22(28)16-21/h2-13,16-17H,14-15,18-19H2,1H3,(H,29,32)/b25-17+. The molecule has 0 atom stereocenters. The summed E-state index contributed by atoms with van der Waals surface area (Å²) < 4.78 is 0. The lowest BCUT2D eigenvalue weighted by Crippen LogP contribution is -2.44. The van der Waals surface area contributed by atoms with Crippen LogP contribution in [0.5, 0.6) is 0 Å². The fourth-order valence-electron chi connectivity index (χ4n) is 3.73. The molecular formula is C27H26ClN3O2S. The first-order valence-electron chi connectivity index (χ1n) is 11.0. The maximum Gasteiger partial charge on any atom is 0.265 e. The monoisotopic (exact) mass is 491 g/mol. The summed E-state index contributed by atoms with van der Waals surface area (Å²) in [6.07, 6.45) is 1.82. The number of hydrogen-bond donors (Lipinski definition) is 1. The van der Waals surface area contributed by atoms with Crippen molar-refractivity contribution in [3.05, 3.63) is 99.9 Å². The Labute approximate surface area is 209 Å². The van der Waals surface area contributed by atoms with E-state index in [0.29, 0.717) is 23.0 Å². The van der Waals surface area contributed by atoms with Crippen LogP contribution in [0.2, 0.25) is 5.02 Å². The van der Waals surface area contributed by atoms with Crippen LogP contribution in [0.15, 0.2) is 88.7 Å². The van der Waals surface area contributed by atoms with Gasteiger partial charge in [0.2, 0.25) is 5.91 Å². The summed E-state index contributed by atoms with van der Waals surface area (Å²) in [5, 5.41) is 3.56. The maximum atomic E-state index is 13.3. The first kappa shape index (κ1) is 24.1. The van der Waals surface area contributed by atoms with Crippen LogP contribution in [0, 0.1) is 0 Å². The number of carbonyl (C=O) groups excluding carboxylic acids is 2. The number of carbonyl (C=O) groups is 2. The molecule has 0 unspecified atom stereocenters. The molecule has 1 aliphatic heterocycles. The van der Waals surface area contributed by atoms with Crippen molar-refractivity contribution < 1.29 is 9.59 Å². The normalized spacial score (nSPS) is 14.4. The van der Waals surface area contributed by atoms with Crippen LogP contribution >= 0.6 is 23.4 Å². The molecule has 3 aromatic carbocycles. The van der Waals surface area contributed by atoms with Crippen molar-refractivity contribution >= 4 is 46.9 Å². The van der Waals surface area contributed by atoms with Crippen molar-refractivity contribution in [2.45, 2.75) is 11.4 Å². The third-order valence-corrected chi connectivity index (χ3v) is 6.70. The highest BCUT2D eigenvalue weighted by Crippen LogP contribution is 2.41. The van der Waals surface area contributed by atoms with E-state index >= 15 is 0 Å². The second kappa shape index (κ2) is 11.4. The Morgan fingerprint density at radius 2 is 1.82 bits per heavy atom. The number of nitrogens with one attached hydrogen (secondary N) is 1. The van der Waals surface area contributed by atoms with Crippen LogP contribution in [-0.2, 0) is 16.1 Å². The summed E-state index contributed by atoms with van der Waals surface area (Å²) in [5.74, 6) is -0.384. The number of para-hydroxylation sites is 1. The molecule has 1 N–H and O–H groups in total. The molecule has 1 heterocycles. The van der Waals surface area contributed by atoms with E-state index in [9.17, 15) is 9.59 Å². The van der Waals surface area contributed by atoms with Crippen molar-refractivity contribution in [2.24, 2.45) is 0 Å². The van der Waals surface area contributed by atoms with Crippen molar-refractivity contribution in [2.75, 3.05) is 31.6 Å². The minimum absolute atomic E-state index is 0.0360. The molecule has 0 saturated carbocycles. The molecule has 34 heavy (non-hydrogen) atoms. The number of hydrogen-bond acceptors (Lipinski definition) is 4. The topological polar surface area (TPSA) is 52.7 Å². The summed E-state index contributed by atoms with van der Waals surface area (Å²) in [7, 11) is 2.02. The van der Waals surface area contributed by atoms with E-state index in [-0.39, 0.29) is 18.4 Å². The third-order valence-electron chi connectivity index (χ3n) is 5.39. The fourth-order valence-corrected chi connectivity index (χ4v) is 4.98. The molecule has 0 fully saturated rings. The predicted octanol–water partition coefficient (Wildman–Crippen LogP) is 5.07. The molecule has 5 nitrogen and oxygen atoms in total. The molecule has 0 aliphatic carbocycles. The number of fused-ring (bicyclic) bond motifs is 1. The summed E-state index contributed by atoms with van der Waals surface area (Å²) in [6, 6.07) is 25.2. The largest absolute Gasteiger partial charge is 0.353 e. The maximum absolute atomic E-state index is 13.3. The zero-order valence-electron chi connectivity index (χ0n) is 18.9. The van der Waals surface area contributed by atoms with Crippen molar-refractivity contribution in [1.82, 2.24) is 10.2 Å². The SMILES string of the molecule is CN(CCNC(=O)CN1C(=O)/C(=C\c2cccc(Cl)c2)Sc2ccccc21)Cc1ccccc1. The molecule has 0 bridgehead atoms. The number of anilines is 1. The number of thioether (sulfide) groups is 1. The van der Waals surface area contributed by atoms with Crippen LogP contribution in [0.4, 0.5) is 5.69 Å². The molecule has 0 saturated heterocycles. The van der Waals surface area contributed by atoms with Crippen LogP contribution in [0.1, 0.15) is 11.1 Å². The minimum Gasteiger partial charge on any atom is -0.353 e. The summed E-state index contributed by atoms with van der Waals surface area (Å²) in [5.41, 5.74) is 2.81. The molecule has 4 rings (SSSR count). The molecular weight excluding hydrogens is 466 g/mol. The predicted molar refractivity (Wildman–Crippen MR) is 140 cm³/mol. The van der Waals surface area contributed by atoms with Crippen LogP contribution < -0.4 is 10.2 Å². The van der Waals surface area contributed by atoms with E-state index in [0.717, 1.165) is 22.7 Å². The number of rotatable bonds is 8. The lowest BCUT2D eigenvalue weighted by molar-refractivity contribution is -0.122. The van der Waals surface area contributed by atoms with Gasteiger partial charge in [-0.1, -0.05) is 78.0 Å². The van der Waals surface area contributed by atoms with E-state index in [4.69, 9.17) is 11.6 Å². The molecule has 0 radical (unpaired) electrons. The van der Waals surface area contributed by atoms with Gasteiger partial charge in [0, 0.05) is 29.6 Å². The average molecular weight is 492 g/mol. The van der Waals surface area contributed by atoms with E-state index in [1.54, 1.807) is 11.0 Å². The van der Waals surface area contributed by atoms with Gasteiger partial charge in [-0.05, 0) is 48.5 Å². The van der Waals surface area contributed by atoms with Gasteiger partial charge < -0.3 is 10.2 Å². The Hall–Kier alpha value is -3.06. The highest BCUT2D eigenvalue weighted by molar-refractivity contribution is 8.04. The van der Waals surface area contributed by atoms with Crippen molar-refractivity contribution in [1.29, 1.82) is 0 Å². The second-order valence-corrected chi connectivity index (χ2v) is 9.62.